The van der Waals surface area contributed by atoms with Gasteiger partial charge in [0.15, 0.2) is 11.7 Å². The summed E-state index contributed by atoms with van der Waals surface area (Å²) in [6, 6.07) is 0. The van der Waals surface area contributed by atoms with Gasteiger partial charge in [-0.1, -0.05) is 6.92 Å². The van der Waals surface area contributed by atoms with Crippen LogP contribution in [0.15, 0.2) is 10.6 Å². The van der Waals surface area contributed by atoms with Gasteiger partial charge in [0, 0.05) is 26.1 Å². The van der Waals surface area contributed by atoms with Crippen molar-refractivity contribution < 1.29 is 9.21 Å². The third-order valence-corrected chi connectivity index (χ3v) is 4.66. The summed E-state index contributed by atoms with van der Waals surface area (Å²) in [6.07, 6.45) is 4.57. The predicted octanol–water partition coefficient (Wildman–Crippen LogP) is 2.04. The average molecular weight is 335 g/mol. The van der Waals surface area contributed by atoms with Crippen molar-refractivity contribution in [1.29, 1.82) is 0 Å². The van der Waals surface area contributed by atoms with Gasteiger partial charge < -0.3 is 14.6 Å². The normalized spacial score (nSPS) is 15.8. The number of amides is 1. The van der Waals surface area contributed by atoms with Crippen LogP contribution in [0.2, 0.25) is 0 Å². The molecule has 1 saturated heterocycles. The van der Waals surface area contributed by atoms with Gasteiger partial charge >= 0.3 is 0 Å². The monoisotopic (exact) mass is 335 g/mol. The first kappa shape index (κ1) is 15.9. The van der Waals surface area contributed by atoms with Crippen molar-refractivity contribution >= 4 is 23.5 Å². The SMILES string of the molecule is CCc1nc(C)c(C(=O)NCC2CCN(c3cnsn3)CC2)o1. The van der Waals surface area contributed by atoms with Gasteiger partial charge in [-0.05, 0) is 25.7 Å². The molecule has 0 spiro atoms. The van der Waals surface area contributed by atoms with Crippen LogP contribution in [-0.2, 0) is 6.42 Å². The Labute approximate surface area is 139 Å². The number of carbonyl (C=O) groups excluding carboxylic acids is 1. The van der Waals surface area contributed by atoms with Crippen LogP contribution in [0, 0.1) is 12.8 Å². The van der Waals surface area contributed by atoms with Crippen molar-refractivity contribution in [3.8, 4) is 0 Å². The fourth-order valence-corrected chi connectivity index (χ4v) is 3.23. The molecule has 0 atom stereocenters. The van der Waals surface area contributed by atoms with Crippen molar-refractivity contribution in [2.45, 2.75) is 33.1 Å². The number of nitrogens with one attached hydrogen (secondary N) is 1. The molecule has 0 bridgehead atoms. The maximum atomic E-state index is 12.2. The lowest BCUT2D eigenvalue weighted by Gasteiger charge is -2.31. The third kappa shape index (κ3) is 3.69. The van der Waals surface area contributed by atoms with E-state index in [9.17, 15) is 4.79 Å². The summed E-state index contributed by atoms with van der Waals surface area (Å²) in [5.74, 6) is 2.23. The van der Waals surface area contributed by atoms with Gasteiger partial charge in [0.25, 0.3) is 5.91 Å². The number of nitrogens with zero attached hydrogens (tertiary/aromatic N) is 4. The molecule has 1 aliphatic rings. The summed E-state index contributed by atoms with van der Waals surface area (Å²) in [5.41, 5.74) is 0.658. The van der Waals surface area contributed by atoms with E-state index in [1.807, 2.05) is 13.1 Å². The van der Waals surface area contributed by atoms with Crippen LogP contribution in [0.25, 0.3) is 0 Å². The van der Waals surface area contributed by atoms with E-state index in [0.717, 1.165) is 31.7 Å². The fraction of sp³-hybridized carbons (Fsp3) is 0.600. The molecule has 7 nitrogen and oxygen atoms in total. The number of oxazole rings is 1. The lowest BCUT2D eigenvalue weighted by molar-refractivity contribution is 0.0914. The van der Waals surface area contributed by atoms with E-state index >= 15 is 0 Å². The van der Waals surface area contributed by atoms with Crippen LogP contribution in [0.1, 0.15) is 41.9 Å². The highest BCUT2D eigenvalue weighted by Crippen LogP contribution is 2.21. The predicted molar refractivity (Wildman–Crippen MR) is 87.8 cm³/mol. The minimum Gasteiger partial charge on any atom is -0.435 e. The lowest BCUT2D eigenvalue weighted by atomic mass is 9.97. The topological polar surface area (TPSA) is 84.2 Å². The van der Waals surface area contributed by atoms with Crippen LogP contribution >= 0.6 is 11.7 Å². The first-order chi connectivity index (χ1) is 11.2. The molecule has 2 aromatic rings. The summed E-state index contributed by atoms with van der Waals surface area (Å²) in [4.78, 5) is 18.7. The highest BCUT2D eigenvalue weighted by Gasteiger charge is 2.22. The van der Waals surface area contributed by atoms with E-state index in [2.05, 4.69) is 23.9 Å². The zero-order chi connectivity index (χ0) is 16.2. The molecular weight excluding hydrogens is 314 g/mol. The van der Waals surface area contributed by atoms with Gasteiger partial charge in [-0.25, -0.2) is 4.98 Å². The molecule has 1 N–H and O–H groups in total. The van der Waals surface area contributed by atoms with Crippen LogP contribution in [0.5, 0.6) is 0 Å². The Balaban J connectivity index is 1.47. The summed E-state index contributed by atoms with van der Waals surface area (Å²) < 4.78 is 13.8. The van der Waals surface area contributed by atoms with Crippen molar-refractivity contribution in [3.63, 3.8) is 0 Å². The van der Waals surface area contributed by atoms with Crippen LogP contribution in [0.4, 0.5) is 5.82 Å². The molecular formula is C15H21N5O2S. The van der Waals surface area contributed by atoms with Crippen LogP contribution in [0.3, 0.4) is 0 Å². The number of aromatic nitrogens is 3. The van der Waals surface area contributed by atoms with E-state index in [1.165, 1.54) is 11.7 Å². The molecule has 0 aliphatic carbocycles. The van der Waals surface area contributed by atoms with E-state index in [4.69, 9.17) is 4.42 Å². The molecule has 1 fully saturated rings. The van der Waals surface area contributed by atoms with E-state index in [1.54, 1.807) is 6.92 Å². The van der Waals surface area contributed by atoms with E-state index in [0.29, 0.717) is 36.2 Å². The summed E-state index contributed by atoms with van der Waals surface area (Å²) in [7, 11) is 0. The van der Waals surface area contributed by atoms with Crippen LogP contribution in [-0.4, -0.2) is 39.3 Å². The van der Waals surface area contributed by atoms with Gasteiger partial charge in [0.2, 0.25) is 5.76 Å². The van der Waals surface area contributed by atoms with Crippen molar-refractivity contribution in [3.05, 3.63) is 23.5 Å². The van der Waals surface area contributed by atoms with Crippen molar-refractivity contribution in [1.82, 2.24) is 19.0 Å². The van der Waals surface area contributed by atoms with E-state index < -0.39 is 0 Å². The highest BCUT2D eigenvalue weighted by molar-refractivity contribution is 6.99. The van der Waals surface area contributed by atoms with Crippen molar-refractivity contribution in [2.75, 3.05) is 24.5 Å². The zero-order valence-corrected chi connectivity index (χ0v) is 14.2. The Morgan fingerprint density at radius 2 is 2.26 bits per heavy atom. The first-order valence-electron chi connectivity index (χ1n) is 7.94. The third-order valence-electron chi connectivity index (χ3n) is 4.19. The Hall–Kier alpha value is -1.96. The summed E-state index contributed by atoms with van der Waals surface area (Å²) in [6.45, 7) is 6.33. The Bertz CT molecular complexity index is 647. The second-order valence-electron chi connectivity index (χ2n) is 5.78. The Morgan fingerprint density at radius 3 is 2.87 bits per heavy atom. The second kappa shape index (κ2) is 7.08. The van der Waals surface area contributed by atoms with Gasteiger partial charge in [-0.2, -0.15) is 8.75 Å². The van der Waals surface area contributed by atoms with Crippen molar-refractivity contribution in [2.24, 2.45) is 5.92 Å². The number of piperidine rings is 1. The van der Waals surface area contributed by atoms with Gasteiger partial charge in [0.1, 0.15) is 0 Å². The first-order valence-corrected chi connectivity index (χ1v) is 8.67. The van der Waals surface area contributed by atoms with Gasteiger partial charge in [-0.15, -0.1) is 0 Å². The standard InChI is InChI=1S/C15H21N5O2S/c1-3-13-18-10(2)14(22-13)15(21)16-8-11-4-6-20(7-5-11)12-9-17-23-19-12/h9,11H,3-8H2,1-2H3,(H,16,21). The summed E-state index contributed by atoms with van der Waals surface area (Å²) in [5, 5.41) is 2.98. The molecule has 3 heterocycles. The molecule has 124 valence electrons. The number of aryl methyl sites for hydroxylation is 2. The highest BCUT2D eigenvalue weighted by atomic mass is 32.1. The smallest absolute Gasteiger partial charge is 0.289 e. The number of carbonyl (C=O) groups is 1. The van der Waals surface area contributed by atoms with E-state index in [-0.39, 0.29) is 5.91 Å². The molecule has 1 aliphatic heterocycles. The molecule has 8 heteroatoms. The molecule has 2 aromatic heterocycles. The Kier molecular flexibility index (Phi) is 4.90. The molecule has 23 heavy (non-hydrogen) atoms. The summed E-state index contributed by atoms with van der Waals surface area (Å²) >= 11 is 1.24. The molecule has 0 radical (unpaired) electrons. The minimum absolute atomic E-state index is 0.166. The average Bonchev–Trinajstić information content (AvgIpc) is 3.22. The molecule has 0 saturated carbocycles. The largest absolute Gasteiger partial charge is 0.435 e. The number of hydrogen-bond acceptors (Lipinski definition) is 7. The molecule has 0 aromatic carbocycles. The molecule has 3 rings (SSSR count). The number of rotatable bonds is 5. The number of anilines is 1. The van der Waals surface area contributed by atoms with Crippen LogP contribution < -0.4 is 10.2 Å². The van der Waals surface area contributed by atoms with Gasteiger partial charge in [0.05, 0.1) is 23.6 Å². The lowest BCUT2D eigenvalue weighted by Crippen LogP contribution is -2.38. The van der Waals surface area contributed by atoms with Gasteiger partial charge in [-0.3, -0.25) is 4.79 Å². The zero-order valence-electron chi connectivity index (χ0n) is 13.4. The molecule has 1 amide bonds. The second-order valence-corrected chi connectivity index (χ2v) is 6.34. The maximum absolute atomic E-state index is 12.2. The molecule has 0 unspecified atom stereocenters. The quantitative estimate of drug-likeness (QED) is 0.900. The number of hydrogen-bond donors (Lipinski definition) is 1. The maximum Gasteiger partial charge on any atom is 0.289 e. The Morgan fingerprint density at radius 1 is 1.48 bits per heavy atom. The minimum atomic E-state index is -0.166. The fourth-order valence-electron chi connectivity index (χ4n) is 2.80.